The zero-order valence-electron chi connectivity index (χ0n) is 13.7. The molecular weight excluding hydrogens is 352 g/mol. The van der Waals surface area contributed by atoms with Crippen molar-refractivity contribution < 1.29 is 8.42 Å². The summed E-state index contributed by atoms with van der Waals surface area (Å²) in [7, 11) is -3.81. The second kappa shape index (κ2) is 6.19. The molecule has 0 radical (unpaired) electrons. The van der Waals surface area contributed by atoms with Gasteiger partial charge in [-0.2, -0.15) is 5.10 Å². The van der Waals surface area contributed by atoms with Gasteiger partial charge in [0.05, 0.1) is 17.4 Å². The van der Waals surface area contributed by atoms with Crippen LogP contribution in [0.25, 0.3) is 16.7 Å². The predicted molar refractivity (Wildman–Crippen MR) is 96.4 cm³/mol. The summed E-state index contributed by atoms with van der Waals surface area (Å²) in [5.74, 6) is 0.535. The lowest BCUT2D eigenvalue weighted by atomic mass is 10.2. The Morgan fingerprint density at radius 1 is 1.08 bits per heavy atom. The van der Waals surface area contributed by atoms with Crippen LogP contribution in [0, 0.1) is 6.92 Å². The van der Waals surface area contributed by atoms with Crippen molar-refractivity contribution in [2.75, 3.05) is 4.72 Å². The molecule has 0 aliphatic rings. The SMILES string of the molecule is Cc1cnc2c(S(=O)(=O)Nc3ccc(-n4cncn4)nc3)cccc2c1. The smallest absolute Gasteiger partial charge is 0.264 e. The van der Waals surface area contributed by atoms with Crippen LogP contribution in [0.2, 0.25) is 0 Å². The zero-order chi connectivity index (χ0) is 18.1. The molecule has 0 bridgehead atoms. The Labute approximate surface area is 149 Å². The Kier molecular flexibility index (Phi) is 3.85. The summed E-state index contributed by atoms with van der Waals surface area (Å²) in [6, 6.07) is 10.2. The van der Waals surface area contributed by atoms with Crippen LogP contribution >= 0.6 is 0 Å². The van der Waals surface area contributed by atoms with Gasteiger partial charge < -0.3 is 0 Å². The fourth-order valence-electron chi connectivity index (χ4n) is 2.58. The van der Waals surface area contributed by atoms with Crippen LogP contribution in [-0.2, 0) is 10.0 Å². The fourth-order valence-corrected chi connectivity index (χ4v) is 3.80. The lowest BCUT2D eigenvalue weighted by Crippen LogP contribution is -2.14. The standard InChI is InChI=1S/C17H14N6O2S/c1-12-7-13-3-2-4-15(17(13)20-8-12)26(24,25)22-14-5-6-16(19-9-14)23-11-18-10-21-23/h2-11,22H,1H3. The minimum atomic E-state index is -3.81. The van der Waals surface area contributed by atoms with Gasteiger partial charge in [0.25, 0.3) is 10.0 Å². The van der Waals surface area contributed by atoms with E-state index >= 15 is 0 Å². The number of benzene rings is 1. The van der Waals surface area contributed by atoms with E-state index in [0.717, 1.165) is 10.9 Å². The number of hydrogen-bond acceptors (Lipinski definition) is 6. The Balaban J connectivity index is 1.68. The van der Waals surface area contributed by atoms with Crippen LogP contribution < -0.4 is 4.72 Å². The van der Waals surface area contributed by atoms with E-state index in [2.05, 4.69) is 24.8 Å². The monoisotopic (exact) mass is 366 g/mol. The number of aromatic nitrogens is 5. The van der Waals surface area contributed by atoms with Crippen molar-refractivity contribution in [3.63, 3.8) is 0 Å². The highest BCUT2D eigenvalue weighted by molar-refractivity contribution is 7.93. The average molecular weight is 366 g/mol. The Morgan fingerprint density at radius 2 is 1.96 bits per heavy atom. The molecule has 0 fully saturated rings. The summed E-state index contributed by atoms with van der Waals surface area (Å²) in [5.41, 5.74) is 1.74. The van der Waals surface area contributed by atoms with Gasteiger partial charge in [0.15, 0.2) is 5.82 Å². The number of nitrogens with one attached hydrogen (secondary N) is 1. The third-order valence-electron chi connectivity index (χ3n) is 3.75. The maximum atomic E-state index is 12.8. The van der Waals surface area contributed by atoms with Gasteiger partial charge in [-0.3, -0.25) is 9.71 Å². The highest BCUT2D eigenvalue weighted by atomic mass is 32.2. The minimum absolute atomic E-state index is 0.121. The lowest BCUT2D eigenvalue weighted by Gasteiger charge is -2.10. The Bertz CT molecular complexity index is 1170. The number of rotatable bonds is 4. The molecule has 0 aliphatic carbocycles. The summed E-state index contributed by atoms with van der Waals surface area (Å²) in [6.07, 6.45) is 5.98. The topological polar surface area (TPSA) is 103 Å². The van der Waals surface area contributed by atoms with Gasteiger partial charge in [-0.1, -0.05) is 12.1 Å². The highest BCUT2D eigenvalue weighted by Gasteiger charge is 2.18. The molecule has 3 heterocycles. The van der Waals surface area contributed by atoms with Crippen molar-refractivity contribution in [3.8, 4) is 5.82 Å². The Morgan fingerprint density at radius 3 is 2.69 bits per heavy atom. The average Bonchev–Trinajstić information content (AvgIpc) is 3.16. The van der Waals surface area contributed by atoms with Gasteiger partial charge in [-0.25, -0.2) is 23.1 Å². The molecule has 4 rings (SSSR count). The fraction of sp³-hybridized carbons (Fsp3) is 0.0588. The number of anilines is 1. The molecule has 4 aromatic rings. The highest BCUT2D eigenvalue weighted by Crippen LogP contribution is 2.24. The molecule has 26 heavy (non-hydrogen) atoms. The molecule has 0 unspecified atom stereocenters. The molecule has 130 valence electrons. The molecule has 8 nitrogen and oxygen atoms in total. The van der Waals surface area contributed by atoms with Gasteiger partial charge in [-0.05, 0) is 36.8 Å². The maximum absolute atomic E-state index is 12.8. The molecule has 0 aliphatic heterocycles. The van der Waals surface area contributed by atoms with E-state index in [4.69, 9.17) is 0 Å². The first-order valence-electron chi connectivity index (χ1n) is 7.72. The quantitative estimate of drug-likeness (QED) is 0.595. The van der Waals surface area contributed by atoms with E-state index < -0.39 is 10.0 Å². The normalized spacial score (nSPS) is 11.6. The second-order valence-corrected chi connectivity index (χ2v) is 7.34. The third-order valence-corrected chi connectivity index (χ3v) is 5.17. The van der Waals surface area contributed by atoms with Crippen LogP contribution in [0.1, 0.15) is 5.56 Å². The molecule has 9 heteroatoms. The van der Waals surface area contributed by atoms with Crippen LogP contribution in [0.15, 0.2) is 66.3 Å². The number of fused-ring (bicyclic) bond motifs is 1. The summed E-state index contributed by atoms with van der Waals surface area (Å²) in [4.78, 5) is 12.4. The minimum Gasteiger partial charge on any atom is -0.278 e. The summed E-state index contributed by atoms with van der Waals surface area (Å²) in [5, 5.41) is 4.75. The zero-order valence-corrected chi connectivity index (χ0v) is 14.6. The second-order valence-electron chi connectivity index (χ2n) is 5.69. The van der Waals surface area contributed by atoms with Crippen molar-refractivity contribution in [2.45, 2.75) is 11.8 Å². The van der Waals surface area contributed by atoms with Crippen molar-refractivity contribution >= 4 is 26.6 Å². The summed E-state index contributed by atoms with van der Waals surface area (Å²) >= 11 is 0. The van der Waals surface area contributed by atoms with Crippen LogP contribution in [0.3, 0.4) is 0 Å². The number of hydrogen-bond donors (Lipinski definition) is 1. The molecule has 1 N–H and O–H groups in total. The number of para-hydroxylation sites is 1. The van der Waals surface area contributed by atoms with Crippen LogP contribution in [0.5, 0.6) is 0 Å². The van der Waals surface area contributed by atoms with Crippen molar-refractivity contribution in [1.82, 2.24) is 24.7 Å². The molecule has 0 amide bonds. The number of pyridine rings is 2. The van der Waals surface area contributed by atoms with E-state index in [-0.39, 0.29) is 4.90 Å². The van der Waals surface area contributed by atoms with Gasteiger partial charge in [0.1, 0.15) is 17.6 Å². The summed E-state index contributed by atoms with van der Waals surface area (Å²) in [6.45, 7) is 1.91. The van der Waals surface area contributed by atoms with Crippen molar-refractivity contribution in [3.05, 3.63) is 67.0 Å². The molecular formula is C17H14N6O2S. The molecule has 1 aromatic carbocycles. The van der Waals surface area contributed by atoms with E-state index in [1.807, 2.05) is 19.1 Å². The maximum Gasteiger partial charge on any atom is 0.264 e. The molecule has 0 spiro atoms. The van der Waals surface area contributed by atoms with E-state index in [1.165, 1.54) is 29.6 Å². The first-order valence-corrected chi connectivity index (χ1v) is 9.20. The van der Waals surface area contributed by atoms with Crippen molar-refractivity contribution in [2.24, 2.45) is 0 Å². The largest absolute Gasteiger partial charge is 0.278 e. The number of nitrogens with zero attached hydrogens (tertiary/aromatic N) is 5. The number of aryl methyl sites for hydroxylation is 1. The van der Waals surface area contributed by atoms with Crippen LogP contribution in [0.4, 0.5) is 5.69 Å². The third kappa shape index (κ3) is 3.00. The number of sulfonamides is 1. The molecule has 0 saturated carbocycles. The molecule has 0 atom stereocenters. The predicted octanol–water partition coefficient (Wildman–Crippen LogP) is 2.32. The molecule has 3 aromatic heterocycles. The lowest BCUT2D eigenvalue weighted by molar-refractivity contribution is 0.602. The van der Waals surface area contributed by atoms with Crippen LogP contribution in [-0.4, -0.2) is 33.2 Å². The first kappa shape index (κ1) is 16.2. The van der Waals surface area contributed by atoms with E-state index in [9.17, 15) is 8.42 Å². The van der Waals surface area contributed by atoms with E-state index in [1.54, 1.807) is 24.4 Å². The van der Waals surface area contributed by atoms with Gasteiger partial charge >= 0.3 is 0 Å². The summed E-state index contributed by atoms with van der Waals surface area (Å²) < 4.78 is 29.6. The molecule has 0 saturated heterocycles. The van der Waals surface area contributed by atoms with Gasteiger partial charge in [0, 0.05) is 11.6 Å². The Hall–Kier alpha value is -3.33. The van der Waals surface area contributed by atoms with Crippen molar-refractivity contribution in [1.29, 1.82) is 0 Å². The van der Waals surface area contributed by atoms with E-state index in [0.29, 0.717) is 17.0 Å². The van der Waals surface area contributed by atoms with Gasteiger partial charge in [-0.15, -0.1) is 0 Å². The first-order chi connectivity index (χ1) is 12.5. The van der Waals surface area contributed by atoms with Gasteiger partial charge in [0.2, 0.25) is 0 Å².